The number of sulfonamides is 2. The minimum Gasteiger partial charge on any atom is -0.207 e. The van der Waals surface area contributed by atoms with Crippen molar-refractivity contribution in [1.82, 2.24) is 8.61 Å². The summed E-state index contributed by atoms with van der Waals surface area (Å²) in [6, 6.07) is 14.2. The SMILES string of the molecule is Cc1ccc(S(=O)(=O)N2CC3=C(CCCC/C=C\C4=C(CCCC/C=C\3)CN(S(=O)(=O)c3ccc(C)cc3)C4)C2)cc1. The predicted molar refractivity (Wildman–Crippen MR) is 169 cm³/mol. The number of aryl methyl sites for hydroxylation is 2. The van der Waals surface area contributed by atoms with Gasteiger partial charge in [0.1, 0.15) is 0 Å². The molecule has 0 N–H and O–H groups in total. The summed E-state index contributed by atoms with van der Waals surface area (Å²) >= 11 is 0. The second-order valence-electron chi connectivity index (χ2n) is 11.7. The van der Waals surface area contributed by atoms with Crippen molar-refractivity contribution in [2.75, 3.05) is 26.2 Å². The standard InChI is InChI=1S/C34H42N2O4S2/c1-27-15-19-33(20-16-27)41(37,38)35-23-29-11-7-3-5-9-13-31-25-36(42(39,40)34-21-17-28(2)18-22-34)26-32(31)14-10-6-4-8-12-30(29)24-35/h7,10-11,14-22H,3-6,8-9,12-13,23-26H2,1-2H3/b11-7-,14-10-. The molecule has 0 amide bonds. The molecule has 0 radical (unpaired) electrons. The van der Waals surface area contributed by atoms with E-state index in [1.54, 1.807) is 32.9 Å². The Morgan fingerprint density at radius 1 is 0.524 bits per heavy atom. The molecule has 224 valence electrons. The summed E-state index contributed by atoms with van der Waals surface area (Å²) in [4.78, 5) is 0.707. The fourth-order valence-corrected chi connectivity index (χ4v) is 8.70. The Bertz CT molecular complexity index is 1490. The van der Waals surface area contributed by atoms with Gasteiger partial charge in [-0.05, 0) is 101 Å². The van der Waals surface area contributed by atoms with Crippen molar-refractivity contribution in [2.24, 2.45) is 0 Å². The summed E-state index contributed by atoms with van der Waals surface area (Å²) in [5, 5.41) is 0. The maximum absolute atomic E-state index is 13.4. The quantitative estimate of drug-likeness (QED) is 0.382. The molecule has 0 unspecified atom stereocenters. The van der Waals surface area contributed by atoms with Crippen molar-refractivity contribution >= 4 is 20.0 Å². The molecule has 0 saturated heterocycles. The monoisotopic (exact) mass is 606 g/mol. The van der Waals surface area contributed by atoms with Crippen LogP contribution in [0.2, 0.25) is 0 Å². The molecule has 2 aromatic carbocycles. The fraction of sp³-hybridized carbons (Fsp3) is 0.412. The first kappa shape index (κ1) is 30.7. The van der Waals surface area contributed by atoms with Gasteiger partial charge in [-0.25, -0.2) is 16.8 Å². The van der Waals surface area contributed by atoms with Crippen LogP contribution in [0.3, 0.4) is 0 Å². The van der Waals surface area contributed by atoms with E-state index in [1.807, 2.05) is 38.1 Å². The third kappa shape index (κ3) is 7.05. The third-order valence-electron chi connectivity index (χ3n) is 8.49. The van der Waals surface area contributed by atoms with Crippen LogP contribution in [0.4, 0.5) is 0 Å². The van der Waals surface area contributed by atoms with Crippen molar-refractivity contribution in [3.8, 4) is 0 Å². The molecular formula is C34H42N2O4S2. The van der Waals surface area contributed by atoms with Crippen LogP contribution in [0.25, 0.3) is 0 Å². The van der Waals surface area contributed by atoms with Gasteiger partial charge in [0, 0.05) is 26.2 Å². The zero-order valence-electron chi connectivity index (χ0n) is 24.8. The summed E-state index contributed by atoms with van der Waals surface area (Å²) in [5.74, 6) is 0. The highest BCUT2D eigenvalue weighted by atomic mass is 32.2. The molecule has 1 aliphatic carbocycles. The van der Waals surface area contributed by atoms with Crippen molar-refractivity contribution in [2.45, 2.75) is 75.0 Å². The van der Waals surface area contributed by atoms with Gasteiger partial charge in [0.2, 0.25) is 20.0 Å². The van der Waals surface area contributed by atoms with E-state index in [9.17, 15) is 16.8 Å². The molecule has 2 heterocycles. The van der Waals surface area contributed by atoms with Gasteiger partial charge < -0.3 is 0 Å². The van der Waals surface area contributed by atoms with Crippen LogP contribution in [0.5, 0.6) is 0 Å². The van der Waals surface area contributed by atoms with Crippen LogP contribution in [0.15, 0.2) is 105 Å². The zero-order valence-corrected chi connectivity index (χ0v) is 26.4. The van der Waals surface area contributed by atoms with Crippen molar-refractivity contribution < 1.29 is 16.8 Å². The molecule has 42 heavy (non-hydrogen) atoms. The predicted octanol–water partition coefficient (Wildman–Crippen LogP) is 6.85. The Balaban J connectivity index is 1.24. The molecule has 6 nitrogen and oxygen atoms in total. The number of nitrogens with zero attached hydrogens (tertiary/aromatic N) is 2. The van der Waals surface area contributed by atoms with Gasteiger partial charge in [-0.1, -0.05) is 70.8 Å². The summed E-state index contributed by atoms with van der Waals surface area (Å²) in [7, 11) is -7.08. The van der Waals surface area contributed by atoms with E-state index in [1.165, 1.54) is 11.1 Å². The lowest BCUT2D eigenvalue weighted by Gasteiger charge is -2.17. The highest BCUT2D eigenvalue weighted by molar-refractivity contribution is 7.89. The molecule has 2 aromatic rings. The molecule has 0 spiro atoms. The summed E-state index contributed by atoms with van der Waals surface area (Å²) in [5.41, 5.74) is 6.78. The van der Waals surface area contributed by atoms with Crippen LogP contribution in [-0.4, -0.2) is 51.6 Å². The lowest BCUT2D eigenvalue weighted by Crippen LogP contribution is -2.29. The largest absolute Gasteiger partial charge is 0.243 e. The second-order valence-corrected chi connectivity index (χ2v) is 15.6. The third-order valence-corrected chi connectivity index (χ3v) is 12.1. The van der Waals surface area contributed by atoms with Gasteiger partial charge in [0.05, 0.1) is 9.79 Å². The Hall–Kier alpha value is -2.78. The van der Waals surface area contributed by atoms with E-state index in [0.717, 1.165) is 73.6 Å². The number of hydrogen-bond acceptors (Lipinski definition) is 4. The summed E-state index contributed by atoms with van der Waals surface area (Å²) in [6.45, 7) is 5.66. The van der Waals surface area contributed by atoms with Gasteiger partial charge in [-0.3, -0.25) is 0 Å². The lowest BCUT2D eigenvalue weighted by molar-refractivity contribution is 0.478. The first-order valence-electron chi connectivity index (χ1n) is 15.0. The van der Waals surface area contributed by atoms with E-state index in [2.05, 4.69) is 24.3 Å². The lowest BCUT2D eigenvalue weighted by atomic mass is 10.0. The summed E-state index contributed by atoms with van der Waals surface area (Å²) < 4.78 is 56.7. The molecule has 8 heteroatoms. The number of rotatable bonds is 4. The molecule has 5 rings (SSSR count). The van der Waals surface area contributed by atoms with Crippen LogP contribution >= 0.6 is 0 Å². The van der Waals surface area contributed by atoms with E-state index in [0.29, 0.717) is 36.0 Å². The van der Waals surface area contributed by atoms with E-state index >= 15 is 0 Å². The number of benzene rings is 2. The topological polar surface area (TPSA) is 74.8 Å². The highest BCUT2D eigenvalue weighted by Gasteiger charge is 2.32. The van der Waals surface area contributed by atoms with Gasteiger partial charge in [0.25, 0.3) is 0 Å². The van der Waals surface area contributed by atoms with Crippen molar-refractivity contribution in [3.05, 3.63) is 106 Å². The van der Waals surface area contributed by atoms with Gasteiger partial charge in [-0.2, -0.15) is 8.61 Å². The summed E-state index contributed by atoms with van der Waals surface area (Å²) in [6.07, 6.45) is 16.2. The van der Waals surface area contributed by atoms with Crippen LogP contribution < -0.4 is 0 Å². The molecule has 2 aliphatic heterocycles. The van der Waals surface area contributed by atoms with Crippen LogP contribution in [0.1, 0.15) is 62.5 Å². The Morgan fingerprint density at radius 3 is 1.29 bits per heavy atom. The molecule has 0 aromatic heterocycles. The van der Waals surface area contributed by atoms with Crippen LogP contribution in [0, 0.1) is 13.8 Å². The highest BCUT2D eigenvalue weighted by Crippen LogP contribution is 2.31. The van der Waals surface area contributed by atoms with E-state index in [4.69, 9.17) is 0 Å². The minimum atomic E-state index is -3.54. The molecular weight excluding hydrogens is 565 g/mol. The smallest absolute Gasteiger partial charge is 0.207 e. The fourth-order valence-electron chi connectivity index (χ4n) is 5.88. The Morgan fingerprint density at radius 2 is 0.905 bits per heavy atom. The molecule has 0 atom stereocenters. The number of allylic oxidation sites excluding steroid dienone is 2. The maximum atomic E-state index is 13.4. The van der Waals surface area contributed by atoms with Crippen molar-refractivity contribution in [3.63, 3.8) is 0 Å². The first-order valence-corrected chi connectivity index (χ1v) is 17.9. The Labute approximate surface area is 252 Å². The van der Waals surface area contributed by atoms with E-state index in [-0.39, 0.29) is 0 Å². The molecule has 3 aliphatic rings. The first-order chi connectivity index (χ1) is 20.1. The van der Waals surface area contributed by atoms with Crippen molar-refractivity contribution in [1.29, 1.82) is 0 Å². The van der Waals surface area contributed by atoms with Gasteiger partial charge in [-0.15, -0.1) is 0 Å². The average molecular weight is 607 g/mol. The maximum Gasteiger partial charge on any atom is 0.243 e. The molecule has 0 bridgehead atoms. The van der Waals surface area contributed by atoms with Gasteiger partial charge >= 0.3 is 0 Å². The van der Waals surface area contributed by atoms with Crippen LogP contribution in [-0.2, 0) is 20.0 Å². The molecule has 0 fully saturated rings. The van der Waals surface area contributed by atoms with E-state index < -0.39 is 20.0 Å². The second kappa shape index (κ2) is 13.2. The average Bonchev–Trinajstić information content (AvgIpc) is 3.57. The molecule has 0 saturated carbocycles. The zero-order chi connectivity index (χ0) is 29.7. The number of hydrogen-bond donors (Lipinski definition) is 0. The normalized spacial score (nSPS) is 21.8. The Kier molecular flexibility index (Phi) is 9.67. The van der Waals surface area contributed by atoms with Gasteiger partial charge in [0.15, 0.2) is 0 Å². The minimum absolute atomic E-state index is 0.354.